The Kier molecular flexibility index (Phi) is 7.03. The zero-order valence-corrected chi connectivity index (χ0v) is 17.1. The van der Waals surface area contributed by atoms with Crippen LogP contribution in [0.25, 0.3) is 0 Å². The molecule has 0 N–H and O–H groups in total. The molecule has 1 aromatic carbocycles. The van der Waals surface area contributed by atoms with Gasteiger partial charge in [0.1, 0.15) is 0 Å². The first-order chi connectivity index (χ1) is 13.4. The molecule has 0 amide bonds. The fourth-order valence-corrected chi connectivity index (χ4v) is 5.60. The Labute approximate surface area is 166 Å². The monoisotopic (exact) mass is 411 g/mol. The largest absolute Gasteiger partial charge is 0.377 e. The summed E-state index contributed by atoms with van der Waals surface area (Å²) in [5.41, 5.74) is -0.375. The third kappa shape index (κ3) is 4.89. The van der Waals surface area contributed by atoms with Gasteiger partial charge in [0, 0.05) is 38.8 Å². The van der Waals surface area contributed by atoms with Gasteiger partial charge in [-0.15, -0.1) is 0 Å². The van der Waals surface area contributed by atoms with Crippen LogP contribution in [0, 0.1) is 16.0 Å². The number of nitro benzene ring substituents is 1. The average Bonchev–Trinajstić information content (AvgIpc) is 2.70. The maximum Gasteiger partial charge on any atom is 0.289 e. The first-order valence-electron chi connectivity index (χ1n) is 9.97. The standard InChI is InChI=1S/C19H29N3O5S/c1-16-6-2-4-8-18(16)27-15-14-20-10-12-21(13-11-20)28(25,26)19-9-5-3-7-17(19)22(23)24/h3,5,7,9,16,18H,2,4,6,8,10-15H2,1H3. The van der Waals surface area contributed by atoms with E-state index in [4.69, 9.17) is 4.74 Å². The van der Waals surface area contributed by atoms with Crippen molar-refractivity contribution in [3.63, 3.8) is 0 Å². The van der Waals surface area contributed by atoms with Gasteiger partial charge in [0.2, 0.25) is 10.0 Å². The maximum absolute atomic E-state index is 12.9. The Hall–Kier alpha value is -1.55. The van der Waals surface area contributed by atoms with E-state index in [1.54, 1.807) is 0 Å². The predicted molar refractivity (Wildman–Crippen MR) is 106 cm³/mol. The molecule has 0 spiro atoms. The summed E-state index contributed by atoms with van der Waals surface area (Å²) in [6.45, 7) is 5.54. The fraction of sp³-hybridized carbons (Fsp3) is 0.684. The summed E-state index contributed by atoms with van der Waals surface area (Å²) in [4.78, 5) is 12.5. The van der Waals surface area contributed by atoms with Gasteiger partial charge in [-0.1, -0.05) is 31.9 Å². The fourth-order valence-electron chi connectivity index (χ4n) is 4.02. The van der Waals surface area contributed by atoms with Gasteiger partial charge >= 0.3 is 0 Å². The summed E-state index contributed by atoms with van der Waals surface area (Å²) in [7, 11) is -3.87. The number of hydrogen-bond donors (Lipinski definition) is 0. The highest BCUT2D eigenvalue weighted by Gasteiger charge is 2.33. The molecule has 0 aromatic heterocycles. The summed E-state index contributed by atoms with van der Waals surface area (Å²) >= 11 is 0. The van der Waals surface area contributed by atoms with Crippen LogP contribution in [0.15, 0.2) is 29.2 Å². The number of para-hydroxylation sites is 1. The zero-order chi connectivity index (χ0) is 20.1. The molecule has 1 aliphatic carbocycles. The molecule has 28 heavy (non-hydrogen) atoms. The van der Waals surface area contributed by atoms with E-state index in [2.05, 4.69) is 11.8 Å². The molecule has 2 aliphatic rings. The van der Waals surface area contributed by atoms with Crippen molar-refractivity contribution in [2.75, 3.05) is 39.3 Å². The molecule has 8 nitrogen and oxygen atoms in total. The normalized spacial score (nSPS) is 24.9. The quantitative estimate of drug-likeness (QED) is 0.506. The molecule has 1 heterocycles. The van der Waals surface area contributed by atoms with Gasteiger partial charge in [-0.25, -0.2) is 8.42 Å². The molecule has 0 bridgehead atoms. The number of piperazine rings is 1. The number of hydrogen-bond acceptors (Lipinski definition) is 6. The van der Waals surface area contributed by atoms with Gasteiger partial charge < -0.3 is 4.74 Å². The van der Waals surface area contributed by atoms with Gasteiger partial charge in [-0.2, -0.15) is 4.31 Å². The summed E-state index contributed by atoms with van der Waals surface area (Å²) in [6.07, 6.45) is 5.22. The van der Waals surface area contributed by atoms with E-state index in [-0.39, 0.29) is 10.6 Å². The number of sulfonamides is 1. The first kappa shape index (κ1) is 21.2. The lowest BCUT2D eigenvalue weighted by molar-refractivity contribution is -0.387. The van der Waals surface area contributed by atoms with E-state index in [0.717, 1.165) is 13.0 Å². The number of benzene rings is 1. The van der Waals surface area contributed by atoms with Gasteiger partial charge in [0.25, 0.3) is 5.69 Å². The van der Waals surface area contributed by atoms with Crippen LogP contribution in [-0.4, -0.2) is 68.0 Å². The molecule has 9 heteroatoms. The highest BCUT2D eigenvalue weighted by molar-refractivity contribution is 7.89. The van der Waals surface area contributed by atoms with Crippen LogP contribution in [0.3, 0.4) is 0 Å². The minimum atomic E-state index is -3.87. The van der Waals surface area contributed by atoms with E-state index in [9.17, 15) is 18.5 Å². The third-order valence-electron chi connectivity index (χ3n) is 5.78. The SMILES string of the molecule is CC1CCCCC1OCCN1CCN(S(=O)(=O)c2ccccc2[N+](=O)[O-])CC1. The lowest BCUT2D eigenvalue weighted by Crippen LogP contribution is -2.49. The summed E-state index contributed by atoms with van der Waals surface area (Å²) in [5, 5.41) is 11.2. The number of nitrogens with zero attached hydrogens (tertiary/aromatic N) is 3. The number of rotatable bonds is 7. The molecule has 2 unspecified atom stereocenters. The van der Waals surface area contributed by atoms with Crippen molar-refractivity contribution < 1.29 is 18.1 Å². The van der Waals surface area contributed by atoms with Crippen LogP contribution < -0.4 is 0 Å². The molecule has 1 aliphatic heterocycles. The molecule has 156 valence electrons. The second kappa shape index (κ2) is 9.30. The second-order valence-corrected chi connectivity index (χ2v) is 9.55. The predicted octanol–water partition coefficient (Wildman–Crippen LogP) is 2.50. The molecule has 1 aromatic rings. The van der Waals surface area contributed by atoms with E-state index >= 15 is 0 Å². The van der Waals surface area contributed by atoms with Crippen LogP contribution in [0.5, 0.6) is 0 Å². The van der Waals surface area contributed by atoms with Gasteiger partial charge in [0.15, 0.2) is 4.90 Å². The lowest BCUT2D eigenvalue weighted by atomic mass is 9.88. The molecule has 0 radical (unpaired) electrons. The van der Waals surface area contributed by atoms with Gasteiger partial charge in [-0.05, 0) is 24.8 Å². The Balaban J connectivity index is 1.51. The molecular formula is C19H29N3O5S. The first-order valence-corrected chi connectivity index (χ1v) is 11.4. The minimum Gasteiger partial charge on any atom is -0.377 e. The van der Waals surface area contributed by atoms with Crippen molar-refractivity contribution in [1.29, 1.82) is 0 Å². The lowest BCUT2D eigenvalue weighted by Gasteiger charge is -2.34. The van der Waals surface area contributed by atoms with Crippen molar-refractivity contribution in [2.45, 2.75) is 43.6 Å². The molecule has 2 fully saturated rings. The Morgan fingerprint density at radius 1 is 1.14 bits per heavy atom. The number of nitro groups is 1. The Morgan fingerprint density at radius 2 is 1.82 bits per heavy atom. The van der Waals surface area contributed by atoms with Crippen molar-refractivity contribution in [1.82, 2.24) is 9.21 Å². The van der Waals surface area contributed by atoms with E-state index in [0.29, 0.717) is 44.8 Å². The third-order valence-corrected chi connectivity index (χ3v) is 7.73. The topological polar surface area (TPSA) is 93.0 Å². The van der Waals surface area contributed by atoms with E-state index in [1.807, 2.05) is 0 Å². The smallest absolute Gasteiger partial charge is 0.289 e. The Morgan fingerprint density at radius 3 is 2.50 bits per heavy atom. The molecule has 1 saturated carbocycles. The minimum absolute atomic E-state index is 0.233. The van der Waals surface area contributed by atoms with Crippen LogP contribution in [0.4, 0.5) is 5.69 Å². The highest BCUT2D eigenvalue weighted by Crippen LogP contribution is 2.27. The summed E-state index contributed by atoms with van der Waals surface area (Å²) in [6, 6.07) is 5.52. The van der Waals surface area contributed by atoms with Crippen molar-refractivity contribution in [3.8, 4) is 0 Å². The van der Waals surface area contributed by atoms with Crippen LogP contribution in [-0.2, 0) is 14.8 Å². The van der Waals surface area contributed by atoms with E-state index in [1.165, 1.54) is 47.8 Å². The summed E-state index contributed by atoms with van der Waals surface area (Å²) in [5.74, 6) is 0.609. The van der Waals surface area contributed by atoms with Crippen molar-refractivity contribution in [3.05, 3.63) is 34.4 Å². The average molecular weight is 412 g/mol. The highest BCUT2D eigenvalue weighted by atomic mass is 32.2. The van der Waals surface area contributed by atoms with Crippen molar-refractivity contribution in [2.24, 2.45) is 5.92 Å². The van der Waals surface area contributed by atoms with Crippen LogP contribution >= 0.6 is 0 Å². The van der Waals surface area contributed by atoms with E-state index < -0.39 is 14.9 Å². The number of ether oxygens (including phenoxy) is 1. The molecule has 2 atom stereocenters. The Bertz CT molecular complexity index is 778. The summed E-state index contributed by atoms with van der Waals surface area (Å²) < 4.78 is 33.1. The second-order valence-electron chi connectivity index (χ2n) is 7.64. The van der Waals surface area contributed by atoms with Gasteiger partial charge in [-0.3, -0.25) is 15.0 Å². The van der Waals surface area contributed by atoms with Crippen LogP contribution in [0.2, 0.25) is 0 Å². The zero-order valence-electron chi connectivity index (χ0n) is 16.3. The maximum atomic E-state index is 12.9. The molecule has 3 rings (SSSR count). The van der Waals surface area contributed by atoms with Crippen molar-refractivity contribution >= 4 is 15.7 Å². The van der Waals surface area contributed by atoms with Gasteiger partial charge in [0.05, 0.1) is 17.6 Å². The molecular weight excluding hydrogens is 382 g/mol. The van der Waals surface area contributed by atoms with Crippen LogP contribution in [0.1, 0.15) is 32.6 Å². The molecule has 1 saturated heterocycles.